The fraction of sp³-hybridized carbons (Fsp3) is 0.389. The van der Waals surface area contributed by atoms with Gasteiger partial charge in [-0.1, -0.05) is 0 Å². The van der Waals surface area contributed by atoms with E-state index >= 15 is 0 Å². The molecule has 0 aliphatic heterocycles. The van der Waals surface area contributed by atoms with E-state index in [0.29, 0.717) is 11.4 Å². The second kappa shape index (κ2) is 8.46. The summed E-state index contributed by atoms with van der Waals surface area (Å²) in [6, 6.07) is 5.57. The minimum atomic E-state index is -0.589. The lowest BCUT2D eigenvalue weighted by atomic mass is 9.98. The zero-order valence-electron chi connectivity index (χ0n) is 15.0. The molecule has 2 aromatic rings. The smallest absolute Gasteiger partial charge is 0.313 e. The van der Waals surface area contributed by atoms with Crippen LogP contribution in [0.15, 0.2) is 36.7 Å². The summed E-state index contributed by atoms with van der Waals surface area (Å²) < 4.78 is 24.7. The number of halogens is 1. The highest BCUT2D eigenvalue weighted by atomic mass is 19.1. The Morgan fingerprint density at radius 1 is 1.23 bits per heavy atom. The number of hydrogen-bond donors (Lipinski definition) is 1. The molecule has 1 amide bonds. The number of carbonyl (C=O) groups excluding carboxylic acids is 2. The van der Waals surface area contributed by atoms with Crippen molar-refractivity contribution in [3.63, 3.8) is 0 Å². The second-order valence-electron chi connectivity index (χ2n) is 6.68. The van der Waals surface area contributed by atoms with Gasteiger partial charge in [0, 0.05) is 0 Å². The van der Waals surface area contributed by atoms with Crippen LogP contribution in [0.4, 0.5) is 10.1 Å². The minimum Gasteiger partial charge on any atom is -0.493 e. The number of esters is 1. The van der Waals surface area contributed by atoms with Gasteiger partial charge in [0.05, 0.1) is 36.5 Å². The molecule has 1 aromatic carbocycles. The first-order valence-corrected chi connectivity index (χ1v) is 8.12. The molecule has 7 nitrogen and oxygen atoms in total. The molecule has 26 heavy (non-hydrogen) atoms. The molecular formula is C18H22FN3O4. The van der Waals surface area contributed by atoms with Crippen LogP contribution in [0.5, 0.6) is 5.75 Å². The zero-order valence-corrected chi connectivity index (χ0v) is 15.0. The van der Waals surface area contributed by atoms with E-state index in [-0.39, 0.29) is 37.5 Å². The van der Waals surface area contributed by atoms with E-state index in [9.17, 15) is 14.0 Å². The standard InChI is InChI=1S/C18H22FN3O4/c1-18(2,3)17(24)26-12-22-11-14(10-20-22)21-16(23)8-9-25-15-6-4-13(19)5-7-15/h4-7,10-11H,8-9,12H2,1-3H3,(H,21,23). The summed E-state index contributed by atoms with van der Waals surface area (Å²) in [6.45, 7) is 5.42. The predicted octanol–water partition coefficient (Wildman–Crippen LogP) is 2.98. The Bertz CT molecular complexity index is 751. The highest BCUT2D eigenvalue weighted by Gasteiger charge is 2.23. The maximum absolute atomic E-state index is 12.8. The molecule has 0 aliphatic carbocycles. The van der Waals surface area contributed by atoms with Crippen molar-refractivity contribution in [2.75, 3.05) is 11.9 Å². The number of amides is 1. The highest BCUT2D eigenvalue weighted by Crippen LogP contribution is 2.16. The maximum atomic E-state index is 12.8. The molecule has 0 saturated heterocycles. The third-order valence-corrected chi connectivity index (χ3v) is 3.27. The average Bonchev–Trinajstić information content (AvgIpc) is 3.01. The molecule has 0 atom stereocenters. The normalized spacial score (nSPS) is 11.1. The molecule has 0 fully saturated rings. The number of aromatic nitrogens is 2. The van der Waals surface area contributed by atoms with Gasteiger partial charge in [-0.15, -0.1) is 0 Å². The molecule has 2 rings (SSSR count). The quantitative estimate of drug-likeness (QED) is 0.765. The molecule has 0 unspecified atom stereocenters. The summed E-state index contributed by atoms with van der Waals surface area (Å²) in [7, 11) is 0. The van der Waals surface area contributed by atoms with E-state index in [0.717, 1.165) is 0 Å². The fourth-order valence-electron chi connectivity index (χ4n) is 1.86. The van der Waals surface area contributed by atoms with Crippen LogP contribution < -0.4 is 10.1 Å². The van der Waals surface area contributed by atoms with E-state index in [1.807, 2.05) is 0 Å². The van der Waals surface area contributed by atoms with E-state index < -0.39 is 5.41 Å². The third-order valence-electron chi connectivity index (χ3n) is 3.27. The molecule has 140 valence electrons. The Kier molecular flexibility index (Phi) is 6.32. The van der Waals surface area contributed by atoms with Gasteiger partial charge >= 0.3 is 5.97 Å². The van der Waals surface area contributed by atoms with Crippen LogP contribution in [0.1, 0.15) is 27.2 Å². The van der Waals surface area contributed by atoms with Gasteiger partial charge in [0.2, 0.25) is 5.91 Å². The molecule has 8 heteroatoms. The Balaban J connectivity index is 1.73. The van der Waals surface area contributed by atoms with E-state index in [1.54, 1.807) is 27.0 Å². The Morgan fingerprint density at radius 2 is 1.92 bits per heavy atom. The summed E-state index contributed by atoms with van der Waals surface area (Å²) >= 11 is 0. The van der Waals surface area contributed by atoms with Crippen molar-refractivity contribution in [2.24, 2.45) is 5.41 Å². The van der Waals surface area contributed by atoms with Crippen molar-refractivity contribution in [1.29, 1.82) is 0 Å². The van der Waals surface area contributed by atoms with E-state index in [2.05, 4.69) is 10.4 Å². The zero-order chi connectivity index (χ0) is 19.2. The Morgan fingerprint density at radius 3 is 2.58 bits per heavy atom. The number of ether oxygens (including phenoxy) is 2. The molecule has 0 aliphatic rings. The summed E-state index contributed by atoms with van der Waals surface area (Å²) in [6.07, 6.45) is 3.15. The van der Waals surface area contributed by atoms with E-state index in [1.165, 1.54) is 35.1 Å². The van der Waals surface area contributed by atoms with Gasteiger partial charge in [0.15, 0.2) is 6.73 Å². The number of nitrogens with one attached hydrogen (secondary N) is 1. The Labute approximate surface area is 151 Å². The molecule has 1 aromatic heterocycles. The average molecular weight is 363 g/mol. The van der Waals surface area contributed by atoms with Crippen LogP contribution in [-0.2, 0) is 21.1 Å². The first-order chi connectivity index (χ1) is 12.2. The van der Waals surface area contributed by atoms with Crippen LogP contribution in [0.25, 0.3) is 0 Å². The van der Waals surface area contributed by atoms with Crippen LogP contribution in [0.2, 0.25) is 0 Å². The third kappa shape index (κ3) is 6.19. The van der Waals surface area contributed by atoms with Gasteiger partial charge in [-0.2, -0.15) is 5.10 Å². The highest BCUT2D eigenvalue weighted by molar-refractivity contribution is 5.90. The van der Waals surface area contributed by atoms with Crippen LogP contribution in [-0.4, -0.2) is 28.3 Å². The van der Waals surface area contributed by atoms with Crippen molar-refractivity contribution < 1.29 is 23.5 Å². The maximum Gasteiger partial charge on any atom is 0.313 e. The summed E-state index contributed by atoms with van der Waals surface area (Å²) in [5.41, 5.74) is -0.0991. The monoisotopic (exact) mass is 363 g/mol. The number of carbonyl (C=O) groups is 2. The number of hydrogen-bond acceptors (Lipinski definition) is 5. The number of anilines is 1. The molecule has 0 spiro atoms. The number of benzene rings is 1. The lowest BCUT2D eigenvalue weighted by Crippen LogP contribution is -2.24. The van der Waals surface area contributed by atoms with Crippen molar-refractivity contribution in [3.05, 3.63) is 42.5 Å². The van der Waals surface area contributed by atoms with Crippen molar-refractivity contribution in [2.45, 2.75) is 33.9 Å². The van der Waals surface area contributed by atoms with Gasteiger partial charge in [-0.3, -0.25) is 9.59 Å². The number of nitrogens with zero attached hydrogens (tertiary/aromatic N) is 2. The van der Waals surface area contributed by atoms with Gasteiger partial charge in [-0.25, -0.2) is 9.07 Å². The number of rotatable bonds is 7. The Hall–Kier alpha value is -2.90. The molecule has 0 saturated carbocycles. The lowest BCUT2D eigenvalue weighted by molar-refractivity contribution is -0.157. The van der Waals surface area contributed by atoms with Crippen LogP contribution >= 0.6 is 0 Å². The SMILES string of the molecule is CC(C)(C)C(=O)OCn1cc(NC(=O)CCOc2ccc(F)cc2)cn1. The fourth-order valence-corrected chi connectivity index (χ4v) is 1.86. The van der Waals surface area contributed by atoms with Gasteiger partial charge < -0.3 is 14.8 Å². The summed E-state index contributed by atoms with van der Waals surface area (Å²) in [4.78, 5) is 23.6. The van der Waals surface area contributed by atoms with Crippen LogP contribution in [0, 0.1) is 11.2 Å². The van der Waals surface area contributed by atoms with Crippen molar-refractivity contribution >= 4 is 17.6 Å². The minimum absolute atomic E-state index is 0.0281. The molecule has 1 heterocycles. The van der Waals surface area contributed by atoms with Gasteiger partial charge in [0.25, 0.3) is 0 Å². The summed E-state index contributed by atoms with van der Waals surface area (Å²) in [5, 5.41) is 6.69. The lowest BCUT2D eigenvalue weighted by Gasteiger charge is -2.16. The van der Waals surface area contributed by atoms with Crippen molar-refractivity contribution in [1.82, 2.24) is 9.78 Å². The molecular weight excluding hydrogens is 341 g/mol. The topological polar surface area (TPSA) is 82.5 Å². The second-order valence-corrected chi connectivity index (χ2v) is 6.68. The van der Waals surface area contributed by atoms with Gasteiger partial charge in [0.1, 0.15) is 11.6 Å². The predicted molar refractivity (Wildman–Crippen MR) is 92.9 cm³/mol. The molecule has 1 N–H and O–H groups in total. The van der Waals surface area contributed by atoms with E-state index in [4.69, 9.17) is 9.47 Å². The summed E-state index contributed by atoms with van der Waals surface area (Å²) in [5.74, 6) is -0.442. The largest absolute Gasteiger partial charge is 0.493 e. The van der Waals surface area contributed by atoms with Gasteiger partial charge in [-0.05, 0) is 45.0 Å². The van der Waals surface area contributed by atoms with Crippen molar-refractivity contribution in [3.8, 4) is 5.75 Å². The van der Waals surface area contributed by atoms with Crippen LogP contribution in [0.3, 0.4) is 0 Å². The first-order valence-electron chi connectivity index (χ1n) is 8.12. The molecule has 0 radical (unpaired) electrons. The molecule has 0 bridgehead atoms. The first kappa shape index (κ1) is 19.4.